The molecular formula is C10H14N8O3. The van der Waals surface area contributed by atoms with Crippen molar-refractivity contribution in [2.45, 2.75) is 13.1 Å². The Morgan fingerprint density at radius 3 is 2.43 bits per heavy atom. The third-order valence-corrected chi connectivity index (χ3v) is 2.48. The number of hydrogen-bond donors (Lipinski definition) is 3. The number of amides is 2. The van der Waals surface area contributed by atoms with Crippen molar-refractivity contribution in [1.82, 2.24) is 40.6 Å². The first-order chi connectivity index (χ1) is 10.1. The van der Waals surface area contributed by atoms with Crippen LogP contribution < -0.4 is 10.6 Å². The predicted octanol–water partition coefficient (Wildman–Crippen LogP) is -1.43. The van der Waals surface area contributed by atoms with Gasteiger partial charge in [-0.2, -0.15) is 0 Å². The fraction of sp³-hybridized carbons (Fsp3) is 0.400. The second kappa shape index (κ2) is 6.98. The summed E-state index contributed by atoms with van der Waals surface area (Å²) in [6.07, 6.45) is 4.56. The van der Waals surface area contributed by atoms with Crippen LogP contribution in [0.15, 0.2) is 18.6 Å². The Morgan fingerprint density at radius 2 is 1.86 bits per heavy atom. The highest BCUT2D eigenvalue weighted by molar-refractivity contribution is 5.84. The van der Waals surface area contributed by atoms with Gasteiger partial charge >= 0.3 is 12.0 Å². The Morgan fingerprint density at radius 1 is 1.14 bits per heavy atom. The molecule has 0 radical (unpaired) electrons. The van der Waals surface area contributed by atoms with E-state index >= 15 is 0 Å². The normalized spacial score (nSPS) is 10.3. The molecule has 0 aromatic carbocycles. The van der Waals surface area contributed by atoms with Crippen LogP contribution >= 0.6 is 0 Å². The molecule has 11 nitrogen and oxygen atoms in total. The Hall–Kier alpha value is -2.98. The molecule has 11 heteroatoms. The number of carboxylic acids is 1. The Bertz CT molecular complexity index is 593. The number of nitrogens with one attached hydrogen (secondary N) is 2. The number of urea groups is 1. The van der Waals surface area contributed by atoms with Gasteiger partial charge in [0.15, 0.2) is 5.69 Å². The molecule has 0 saturated heterocycles. The molecule has 0 aliphatic heterocycles. The lowest BCUT2D eigenvalue weighted by Crippen LogP contribution is -2.38. The molecule has 0 atom stereocenters. The van der Waals surface area contributed by atoms with E-state index in [9.17, 15) is 9.59 Å². The summed E-state index contributed by atoms with van der Waals surface area (Å²) < 4.78 is 2.95. The lowest BCUT2D eigenvalue weighted by atomic mass is 10.5. The summed E-state index contributed by atoms with van der Waals surface area (Å²) in [5.41, 5.74) is -0.132. The zero-order valence-electron chi connectivity index (χ0n) is 11.0. The van der Waals surface area contributed by atoms with E-state index in [1.165, 1.54) is 10.9 Å². The molecule has 2 rings (SSSR count). The monoisotopic (exact) mass is 294 g/mol. The second-order valence-corrected chi connectivity index (χ2v) is 4.02. The van der Waals surface area contributed by atoms with Crippen molar-refractivity contribution in [3.8, 4) is 0 Å². The van der Waals surface area contributed by atoms with Gasteiger partial charge in [-0.1, -0.05) is 10.4 Å². The molecule has 3 N–H and O–H groups in total. The van der Waals surface area contributed by atoms with Gasteiger partial charge in [0.1, 0.15) is 0 Å². The lowest BCUT2D eigenvalue weighted by Gasteiger charge is -2.07. The van der Waals surface area contributed by atoms with E-state index in [1.54, 1.807) is 17.1 Å². The number of carboxylic acid groups (broad SMARTS) is 1. The number of carbonyl (C=O) groups is 2. The minimum absolute atomic E-state index is 0.132. The molecular weight excluding hydrogens is 280 g/mol. The number of aromatic carboxylic acids is 1. The van der Waals surface area contributed by atoms with Crippen LogP contribution in [0.5, 0.6) is 0 Å². The Balaban J connectivity index is 1.61. The van der Waals surface area contributed by atoms with E-state index in [0.717, 1.165) is 0 Å². The summed E-state index contributed by atoms with van der Waals surface area (Å²) in [6, 6.07) is -0.325. The molecule has 2 heterocycles. The summed E-state index contributed by atoms with van der Waals surface area (Å²) in [5.74, 6) is -1.14. The molecule has 21 heavy (non-hydrogen) atoms. The summed E-state index contributed by atoms with van der Waals surface area (Å²) in [7, 11) is 0. The molecule has 0 aliphatic rings. The number of nitrogens with zero attached hydrogens (tertiary/aromatic N) is 6. The fourth-order valence-corrected chi connectivity index (χ4v) is 1.49. The SMILES string of the molecule is O=C(NCCn1ccnn1)NCCn1cc(C(=O)O)nn1. The fourth-order valence-electron chi connectivity index (χ4n) is 1.49. The van der Waals surface area contributed by atoms with Crippen LogP contribution in [0.4, 0.5) is 4.79 Å². The number of rotatable bonds is 7. The van der Waals surface area contributed by atoms with Gasteiger partial charge in [0, 0.05) is 19.3 Å². The molecule has 0 unspecified atom stereocenters. The van der Waals surface area contributed by atoms with Gasteiger partial charge < -0.3 is 15.7 Å². The second-order valence-electron chi connectivity index (χ2n) is 4.02. The highest BCUT2D eigenvalue weighted by Gasteiger charge is 2.08. The largest absolute Gasteiger partial charge is 0.476 e. The summed E-state index contributed by atoms with van der Waals surface area (Å²) in [6.45, 7) is 1.58. The minimum atomic E-state index is -1.14. The lowest BCUT2D eigenvalue weighted by molar-refractivity contribution is 0.0690. The first-order valence-corrected chi connectivity index (χ1v) is 6.14. The highest BCUT2D eigenvalue weighted by Crippen LogP contribution is 1.91. The molecule has 2 amide bonds. The summed E-state index contributed by atoms with van der Waals surface area (Å²) >= 11 is 0. The van der Waals surface area contributed by atoms with E-state index in [2.05, 4.69) is 31.3 Å². The van der Waals surface area contributed by atoms with Crippen LogP contribution in [0.25, 0.3) is 0 Å². The first kappa shape index (κ1) is 14.4. The zero-order valence-corrected chi connectivity index (χ0v) is 11.0. The quantitative estimate of drug-likeness (QED) is 0.568. The molecule has 0 aliphatic carbocycles. The van der Waals surface area contributed by atoms with Gasteiger partial charge in [0.05, 0.1) is 25.5 Å². The van der Waals surface area contributed by atoms with Gasteiger partial charge in [-0.3, -0.25) is 4.68 Å². The zero-order chi connectivity index (χ0) is 15.1. The van der Waals surface area contributed by atoms with Crippen molar-refractivity contribution >= 4 is 12.0 Å². The van der Waals surface area contributed by atoms with Gasteiger partial charge in [-0.05, 0) is 0 Å². The molecule has 112 valence electrons. The van der Waals surface area contributed by atoms with Gasteiger partial charge in [-0.15, -0.1) is 10.2 Å². The van der Waals surface area contributed by atoms with Gasteiger partial charge in [-0.25, -0.2) is 14.3 Å². The van der Waals surface area contributed by atoms with E-state index < -0.39 is 5.97 Å². The molecule has 0 spiro atoms. The van der Waals surface area contributed by atoms with E-state index in [4.69, 9.17) is 5.11 Å². The van der Waals surface area contributed by atoms with Crippen molar-refractivity contribution in [2.75, 3.05) is 13.1 Å². The molecule has 0 fully saturated rings. The number of hydrogen-bond acceptors (Lipinski definition) is 6. The van der Waals surface area contributed by atoms with Crippen LogP contribution in [-0.2, 0) is 13.1 Å². The smallest absolute Gasteiger partial charge is 0.358 e. The van der Waals surface area contributed by atoms with Crippen LogP contribution in [0.1, 0.15) is 10.5 Å². The van der Waals surface area contributed by atoms with E-state index in [0.29, 0.717) is 26.2 Å². The molecule has 0 bridgehead atoms. The minimum Gasteiger partial charge on any atom is -0.476 e. The topological polar surface area (TPSA) is 140 Å². The summed E-state index contributed by atoms with van der Waals surface area (Å²) in [5, 5.41) is 28.4. The maximum Gasteiger partial charge on any atom is 0.358 e. The number of aromatic nitrogens is 6. The molecule has 0 saturated carbocycles. The van der Waals surface area contributed by atoms with Crippen molar-refractivity contribution in [2.24, 2.45) is 0 Å². The maximum atomic E-state index is 11.5. The number of carbonyl (C=O) groups excluding carboxylic acids is 1. The van der Waals surface area contributed by atoms with Gasteiger partial charge in [0.25, 0.3) is 0 Å². The predicted molar refractivity (Wildman–Crippen MR) is 68.4 cm³/mol. The third kappa shape index (κ3) is 4.56. The first-order valence-electron chi connectivity index (χ1n) is 6.14. The highest BCUT2D eigenvalue weighted by atomic mass is 16.4. The van der Waals surface area contributed by atoms with Crippen LogP contribution in [0, 0.1) is 0 Å². The average molecular weight is 294 g/mol. The van der Waals surface area contributed by atoms with Crippen molar-refractivity contribution in [3.63, 3.8) is 0 Å². The standard InChI is InChI=1S/C10H14N8O3/c19-9(20)8-7-18(16-14-8)5-2-12-10(21)11-1-4-17-6-3-13-15-17/h3,6-7H,1-2,4-5H2,(H,19,20)(H2,11,12,21). The summed E-state index contributed by atoms with van der Waals surface area (Å²) in [4.78, 5) is 22.1. The van der Waals surface area contributed by atoms with Crippen molar-refractivity contribution in [3.05, 3.63) is 24.3 Å². The third-order valence-electron chi connectivity index (χ3n) is 2.48. The molecule has 2 aromatic rings. The van der Waals surface area contributed by atoms with Gasteiger partial charge in [0.2, 0.25) is 0 Å². The van der Waals surface area contributed by atoms with Crippen LogP contribution in [0.2, 0.25) is 0 Å². The molecule has 2 aromatic heterocycles. The van der Waals surface area contributed by atoms with Crippen molar-refractivity contribution in [1.29, 1.82) is 0 Å². The Labute approximate surface area is 118 Å². The van der Waals surface area contributed by atoms with Crippen LogP contribution in [0.3, 0.4) is 0 Å². The Kier molecular flexibility index (Phi) is 4.79. The van der Waals surface area contributed by atoms with Crippen LogP contribution in [-0.4, -0.2) is 60.2 Å². The maximum absolute atomic E-state index is 11.5. The van der Waals surface area contributed by atoms with Crippen molar-refractivity contribution < 1.29 is 14.7 Å². The van der Waals surface area contributed by atoms with E-state index in [1.807, 2.05) is 0 Å². The van der Waals surface area contributed by atoms with E-state index in [-0.39, 0.29) is 11.7 Å². The average Bonchev–Trinajstić information content (AvgIpc) is 3.09.